The number of likely N-dealkylation sites (tertiary alicyclic amines) is 1. The molecular formula is C19H17F3N6O4. The average Bonchev–Trinajstić information content (AvgIpc) is 3.49. The van der Waals surface area contributed by atoms with Crippen LogP contribution in [-0.2, 0) is 12.7 Å². The molecule has 1 fully saturated rings. The lowest BCUT2D eigenvalue weighted by molar-refractivity contribution is -0.137. The minimum atomic E-state index is -4.52. The largest absolute Gasteiger partial charge is 0.465 e. The fraction of sp³-hybridized carbons (Fsp3) is 0.316. The predicted octanol–water partition coefficient (Wildman–Crippen LogP) is 2.50. The molecule has 2 N–H and O–H groups in total. The van der Waals surface area contributed by atoms with E-state index in [1.54, 1.807) is 6.20 Å². The number of rotatable bonds is 5. The summed E-state index contributed by atoms with van der Waals surface area (Å²) in [5, 5.41) is 19.6. The highest BCUT2D eigenvalue weighted by Crippen LogP contribution is 2.32. The van der Waals surface area contributed by atoms with Crippen LogP contribution in [0.5, 0.6) is 0 Å². The Bertz CT molecular complexity index is 1110. The molecule has 4 rings (SSSR count). The Hall–Kier alpha value is -3.90. The Kier molecular flexibility index (Phi) is 5.55. The van der Waals surface area contributed by atoms with Crippen LogP contribution in [0.1, 0.15) is 22.7 Å². The summed E-state index contributed by atoms with van der Waals surface area (Å²) in [6.45, 7) is 0.332. The third-order valence-corrected chi connectivity index (χ3v) is 5.04. The maximum atomic E-state index is 12.9. The smallest absolute Gasteiger partial charge is 0.416 e. The van der Waals surface area contributed by atoms with Crippen LogP contribution in [0, 0.1) is 0 Å². The van der Waals surface area contributed by atoms with Crippen LogP contribution < -0.4 is 5.32 Å². The molecule has 3 aromatic rings. The van der Waals surface area contributed by atoms with Crippen molar-refractivity contribution in [3.8, 4) is 11.3 Å². The highest BCUT2D eigenvalue weighted by Gasteiger charge is 2.37. The fourth-order valence-corrected chi connectivity index (χ4v) is 3.58. The summed E-state index contributed by atoms with van der Waals surface area (Å²) in [7, 11) is 0. The molecule has 0 radical (unpaired) electrons. The quantitative estimate of drug-likeness (QED) is 0.612. The minimum absolute atomic E-state index is 0.00360. The molecule has 1 aromatic carbocycles. The van der Waals surface area contributed by atoms with Gasteiger partial charge in [-0.3, -0.25) is 9.48 Å². The molecule has 1 aliphatic rings. The second kappa shape index (κ2) is 8.32. The van der Waals surface area contributed by atoms with E-state index < -0.39 is 35.8 Å². The number of oxazole rings is 1. The zero-order valence-electron chi connectivity index (χ0n) is 16.4. The third-order valence-electron chi connectivity index (χ3n) is 5.04. The van der Waals surface area contributed by atoms with Crippen LogP contribution in [0.3, 0.4) is 0 Å². The number of benzene rings is 1. The third kappa shape index (κ3) is 4.55. The number of nitrogens with zero attached hydrogens (tertiary/aromatic N) is 5. The van der Waals surface area contributed by atoms with Gasteiger partial charge in [-0.05, 0) is 18.6 Å². The Morgan fingerprint density at radius 2 is 2.12 bits per heavy atom. The number of aromatic nitrogens is 4. The van der Waals surface area contributed by atoms with Crippen LogP contribution in [0.25, 0.3) is 11.3 Å². The molecule has 0 spiro atoms. The van der Waals surface area contributed by atoms with E-state index in [0.717, 1.165) is 18.3 Å². The first-order valence-corrected chi connectivity index (χ1v) is 9.48. The van der Waals surface area contributed by atoms with E-state index in [9.17, 15) is 27.9 Å². The summed E-state index contributed by atoms with van der Waals surface area (Å²) in [6.07, 6.45) is -1.07. The lowest BCUT2D eigenvalue weighted by Crippen LogP contribution is -2.39. The van der Waals surface area contributed by atoms with Crippen molar-refractivity contribution in [2.24, 2.45) is 0 Å². The number of carboxylic acid groups (broad SMARTS) is 1. The number of hydrogen-bond acceptors (Lipinski definition) is 6. The van der Waals surface area contributed by atoms with Crippen LogP contribution in [0.4, 0.5) is 18.0 Å². The summed E-state index contributed by atoms with van der Waals surface area (Å²) in [5.74, 6) is -1.03. The van der Waals surface area contributed by atoms with Crippen LogP contribution in [0.2, 0.25) is 0 Å². The summed E-state index contributed by atoms with van der Waals surface area (Å²) in [6, 6.07) is 3.54. The Labute approximate surface area is 178 Å². The molecule has 0 aliphatic carbocycles. The van der Waals surface area contributed by atoms with Crippen LogP contribution in [0.15, 0.2) is 47.3 Å². The topological polar surface area (TPSA) is 126 Å². The number of alkyl halides is 3. The molecule has 0 bridgehead atoms. The van der Waals surface area contributed by atoms with Crippen molar-refractivity contribution < 1.29 is 32.3 Å². The van der Waals surface area contributed by atoms with Crippen molar-refractivity contribution in [3.63, 3.8) is 0 Å². The monoisotopic (exact) mass is 450 g/mol. The van der Waals surface area contributed by atoms with Gasteiger partial charge in [-0.15, -0.1) is 5.10 Å². The number of nitrogens with one attached hydrogen (secondary N) is 1. The number of hydrogen-bond donors (Lipinski definition) is 2. The molecule has 32 heavy (non-hydrogen) atoms. The molecule has 1 saturated heterocycles. The van der Waals surface area contributed by atoms with E-state index in [0.29, 0.717) is 6.42 Å². The Morgan fingerprint density at radius 3 is 2.81 bits per heavy atom. The zero-order chi connectivity index (χ0) is 22.9. The lowest BCUT2D eigenvalue weighted by atomic mass is 10.1. The molecule has 13 heteroatoms. The van der Waals surface area contributed by atoms with Crippen molar-refractivity contribution in [2.75, 3.05) is 6.54 Å². The van der Waals surface area contributed by atoms with E-state index in [4.69, 9.17) is 4.42 Å². The van der Waals surface area contributed by atoms with E-state index >= 15 is 0 Å². The lowest BCUT2D eigenvalue weighted by Gasteiger charge is -2.20. The van der Waals surface area contributed by atoms with Gasteiger partial charge in [-0.2, -0.15) is 13.2 Å². The van der Waals surface area contributed by atoms with Gasteiger partial charge in [-0.25, -0.2) is 9.78 Å². The summed E-state index contributed by atoms with van der Waals surface area (Å²) >= 11 is 0. The first kappa shape index (κ1) is 21.3. The van der Waals surface area contributed by atoms with Crippen molar-refractivity contribution in [3.05, 3.63) is 54.3 Å². The minimum Gasteiger partial charge on any atom is -0.465 e. The number of carbonyl (C=O) groups is 2. The van der Waals surface area contributed by atoms with Crippen molar-refractivity contribution in [2.45, 2.75) is 31.2 Å². The fourth-order valence-electron chi connectivity index (χ4n) is 3.58. The second-order valence-electron chi connectivity index (χ2n) is 7.23. The van der Waals surface area contributed by atoms with Crippen molar-refractivity contribution >= 4 is 12.0 Å². The van der Waals surface area contributed by atoms with Gasteiger partial charge in [0.25, 0.3) is 5.89 Å². The van der Waals surface area contributed by atoms with Gasteiger partial charge >= 0.3 is 18.2 Å². The molecule has 3 heterocycles. The standard InChI is InChI=1S/C19H17F3N6O4/c20-19(21,22)12-3-1-2-11(6-12)15-8-23-17(32-15)16(29)25-13-7-14(28(9-13)18(30)31)10-27-5-4-24-26-27/h1-6,8,13-14H,7,9-10H2,(H,25,29)(H,30,31)/t13-,14+/m1/s1. The van der Waals surface area contributed by atoms with Crippen molar-refractivity contribution in [1.29, 1.82) is 0 Å². The number of halogens is 3. The first-order valence-electron chi connectivity index (χ1n) is 9.48. The highest BCUT2D eigenvalue weighted by molar-refractivity contribution is 5.90. The Balaban J connectivity index is 1.44. The highest BCUT2D eigenvalue weighted by atomic mass is 19.4. The molecule has 0 saturated carbocycles. The molecular weight excluding hydrogens is 433 g/mol. The summed E-state index contributed by atoms with van der Waals surface area (Å²) < 4.78 is 45.6. The molecule has 2 aromatic heterocycles. The molecule has 2 atom stereocenters. The second-order valence-corrected chi connectivity index (χ2v) is 7.23. The molecule has 10 nitrogen and oxygen atoms in total. The first-order chi connectivity index (χ1) is 15.2. The van der Waals surface area contributed by atoms with Gasteiger partial charge in [0, 0.05) is 24.3 Å². The Morgan fingerprint density at radius 1 is 1.31 bits per heavy atom. The summed E-state index contributed by atoms with van der Waals surface area (Å²) in [5.41, 5.74) is -0.729. The van der Waals surface area contributed by atoms with Gasteiger partial charge in [0.15, 0.2) is 5.76 Å². The van der Waals surface area contributed by atoms with Crippen molar-refractivity contribution in [1.82, 2.24) is 30.2 Å². The zero-order valence-corrected chi connectivity index (χ0v) is 16.4. The van der Waals surface area contributed by atoms with E-state index in [-0.39, 0.29) is 30.3 Å². The van der Waals surface area contributed by atoms with Gasteiger partial charge < -0.3 is 19.7 Å². The number of amides is 2. The summed E-state index contributed by atoms with van der Waals surface area (Å²) in [4.78, 5) is 29.1. The maximum Gasteiger partial charge on any atom is 0.416 e. The van der Waals surface area contributed by atoms with Gasteiger partial charge in [-0.1, -0.05) is 17.3 Å². The van der Waals surface area contributed by atoms with Gasteiger partial charge in [0.1, 0.15) is 0 Å². The SMILES string of the molecule is O=C(N[C@@H]1C[C@@H](Cn2ccnn2)N(C(=O)O)C1)c1ncc(-c2cccc(C(F)(F)F)c2)o1. The van der Waals surface area contributed by atoms with Gasteiger partial charge in [0.05, 0.1) is 30.5 Å². The predicted molar refractivity (Wildman–Crippen MR) is 101 cm³/mol. The molecule has 0 unspecified atom stereocenters. The van der Waals surface area contributed by atoms with E-state index in [1.807, 2.05) is 0 Å². The van der Waals surface area contributed by atoms with Crippen LogP contribution in [-0.4, -0.2) is 60.6 Å². The molecule has 1 aliphatic heterocycles. The van der Waals surface area contributed by atoms with Gasteiger partial charge in [0.2, 0.25) is 0 Å². The maximum absolute atomic E-state index is 12.9. The van der Waals surface area contributed by atoms with E-state index in [2.05, 4.69) is 20.6 Å². The normalized spacial score (nSPS) is 18.7. The van der Waals surface area contributed by atoms with E-state index in [1.165, 1.54) is 27.9 Å². The molecule has 2 amide bonds. The average molecular weight is 450 g/mol. The number of carbonyl (C=O) groups excluding carboxylic acids is 1. The molecule has 168 valence electrons. The van der Waals surface area contributed by atoms with Crippen LogP contribution >= 0.6 is 0 Å².